The van der Waals surface area contributed by atoms with Crippen LogP contribution in [0, 0.1) is 11.6 Å². The number of nitrogens with two attached hydrogens (primary N) is 1. The van der Waals surface area contributed by atoms with E-state index in [1.165, 1.54) is 13.2 Å². The standard InChI is InChI=1S/C9H11F2NO.ClH/c1-13-8-3-2-7(10)9(11)6(8)4-5-12;/h2-3H,4-5,12H2,1H3;1H. The number of hydrogen-bond acceptors (Lipinski definition) is 2. The Morgan fingerprint density at radius 1 is 1.36 bits per heavy atom. The Labute approximate surface area is 87.5 Å². The molecule has 0 saturated heterocycles. The average Bonchev–Trinajstić information content (AvgIpc) is 2.14. The first-order valence-corrected chi connectivity index (χ1v) is 3.91. The molecule has 0 fully saturated rings. The fourth-order valence-electron chi connectivity index (χ4n) is 1.14. The van der Waals surface area contributed by atoms with Crippen molar-refractivity contribution in [2.24, 2.45) is 5.73 Å². The number of halogens is 3. The van der Waals surface area contributed by atoms with Gasteiger partial charge in [-0.25, -0.2) is 8.78 Å². The van der Waals surface area contributed by atoms with Crippen LogP contribution in [-0.2, 0) is 6.42 Å². The number of rotatable bonds is 3. The van der Waals surface area contributed by atoms with Gasteiger partial charge in [-0.2, -0.15) is 0 Å². The molecule has 2 nitrogen and oxygen atoms in total. The summed E-state index contributed by atoms with van der Waals surface area (Å²) in [4.78, 5) is 0. The molecule has 0 heterocycles. The van der Waals surface area contributed by atoms with Crippen molar-refractivity contribution in [3.05, 3.63) is 29.3 Å². The van der Waals surface area contributed by atoms with Crippen molar-refractivity contribution in [2.75, 3.05) is 13.7 Å². The van der Waals surface area contributed by atoms with Crippen molar-refractivity contribution in [1.82, 2.24) is 0 Å². The molecular formula is C9H12ClF2NO. The third kappa shape index (κ3) is 2.56. The van der Waals surface area contributed by atoms with Crippen molar-refractivity contribution < 1.29 is 13.5 Å². The van der Waals surface area contributed by atoms with Crippen molar-refractivity contribution in [3.8, 4) is 5.75 Å². The van der Waals surface area contributed by atoms with Gasteiger partial charge in [-0.05, 0) is 25.1 Å². The van der Waals surface area contributed by atoms with E-state index in [0.717, 1.165) is 6.07 Å². The second-order valence-corrected chi connectivity index (χ2v) is 2.58. The fraction of sp³-hybridized carbons (Fsp3) is 0.333. The first-order valence-electron chi connectivity index (χ1n) is 3.91. The van der Waals surface area contributed by atoms with E-state index in [-0.39, 0.29) is 30.9 Å². The van der Waals surface area contributed by atoms with Gasteiger partial charge in [0.05, 0.1) is 7.11 Å². The Bertz CT molecular complexity index is 307. The number of benzene rings is 1. The Morgan fingerprint density at radius 3 is 2.50 bits per heavy atom. The molecule has 1 rings (SSSR count). The minimum absolute atomic E-state index is 0. The third-order valence-electron chi connectivity index (χ3n) is 1.77. The Morgan fingerprint density at radius 2 is 2.00 bits per heavy atom. The van der Waals surface area contributed by atoms with Gasteiger partial charge in [-0.1, -0.05) is 0 Å². The summed E-state index contributed by atoms with van der Waals surface area (Å²) in [6.45, 7) is 0.261. The van der Waals surface area contributed by atoms with E-state index in [1.807, 2.05) is 0 Å². The highest BCUT2D eigenvalue weighted by molar-refractivity contribution is 5.85. The number of ether oxygens (including phenoxy) is 1. The van der Waals surface area contributed by atoms with Crippen molar-refractivity contribution in [3.63, 3.8) is 0 Å². The maximum Gasteiger partial charge on any atom is 0.165 e. The minimum Gasteiger partial charge on any atom is -0.496 e. The first-order chi connectivity index (χ1) is 6.20. The average molecular weight is 224 g/mol. The third-order valence-corrected chi connectivity index (χ3v) is 1.77. The van der Waals surface area contributed by atoms with Crippen molar-refractivity contribution >= 4 is 12.4 Å². The van der Waals surface area contributed by atoms with Crippen LogP contribution in [0.5, 0.6) is 5.75 Å². The highest BCUT2D eigenvalue weighted by Gasteiger charge is 2.12. The van der Waals surface area contributed by atoms with Crippen molar-refractivity contribution in [2.45, 2.75) is 6.42 Å². The van der Waals surface area contributed by atoms with E-state index >= 15 is 0 Å². The van der Waals surface area contributed by atoms with Gasteiger partial charge < -0.3 is 10.5 Å². The van der Waals surface area contributed by atoms with Crippen LogP contribution in [0.25, 0.3) is 0 Å². The Balaban J connectivity index is 0.00000169. The molecule has 0 aromatic heterocycles. The molecule has 5 heteroatoms. The monoisotopic (exact) mass is 223 g/mol. The normalized spacial score (nSPS) is 9.43. The molecule has 0 spiro atoms. The molecule has 0 aliphatic heterocycles. The smallest absolute Gasteiger partial charge is 0.165 e. The zero-order valence-corrected chi connectivity index (χ0v) is 8.54. The molecule has 14 heavy (non-hydrogen) atoms. The highest BCUT2D eigenvalue weighted by atomic mass is 35.5. The topological polar surface area (TPSA) is 35.2 Å². The summed E-state index contributed by atoms with van der Waals surface area (Å²) < 4.78 is 30.7. The summed E-state index contributed by atoms with van der Waals surface area (Å²) >= 11 is 0. The van der Waals surface area contributed by atoms with E-state index in [1.54, 1.807) is 0 Å². The maximum atomic E-state index is 13.1. The molecule has 0 bridgehead atoms. The molecule has 1 aromatic carbocycles. The summed E-state index contributed by atoms with van der Waals surface area (Å²) in [5.41, 5.74) is 5.46. The van der Waals surface area contributed by atoms with E-state index < -0.39 is 11.6 Å². The molecule has 0 saturated carbocycles. The lowest BCUT2D eigenvalue weighted by molar-refractivity contribution is 0.398. The molecule has 0 unspecified atom stereocenters. The molecule has 0 radical (unpaired) electrons. The van der Waals surface area contributed by atoms with E-state index in [9.17, 15) is 8.78 Å². The van der Waals surface area contributed by atoms with Crippen LogP contribution < -0.4 is 10.5 Å². The van der Waals surface area contributed by atoms with Crippen LogP contribution in [0.2, 0.25) is 0 Å². The lowest BCUT2D eigenvalue weighted by Gasteiger charge is -2.08. The van der Waals surface area contributed by atoms with Gasteiger partial charge in [0, 0.05) is 5.56 Å². The van der Waals surface area contributed by atoms with Crippen LogP contribution in [0.4, 0.5) is 8.78 Å². The largest absolute Gasteiger partial charge is 0.496 e. The van der Waals surface area contributed by atoms with Gasteiger partial charge in [-0.15, -0.1) is 12.4 Å². The van der Waals surface area contributed by atoms with Crippen LogP contribution in [0.1, 0.15) is 5.56 Å². The summed E-state index contributed by atoms with van der Waals surface area (Å²) in [7, 11) is 1.41. The van der Waals surface area contributed by atoms with E-state index in [2.05, 4.69) is 0 Å². The fourth-order valence-corrected chi connectivity index (χ4v) is 1.14. The van der Waals surface area contributed by atoms with Crippen LogP contribution in [-0.4, -0.2) is 13.7 Å². The Kier molecular flexibility index (Phi) is 5.42. The summed E-state index contributed by atoms with van der Waals surface area (Å²) in [5.74, 6) is -1.40. The van der Waals surface area contributed by atoms with Gasteiger partial charge in [0.1, 0.15) is 5.75 Å². The lowest BCUT2D eigenvalue weighted by atomic mass is 10.1. The lowest BCUT2D eigenvalue weighted by Crippen LogP contribution is -2.07. The molecule has 0 amide bonds. The quantitative estimate of drug-likeness (QED) is 0.850. The summed E-state index contributed by atoms with van der Waals surface area (Å²) in [6, 6.07) is 2.43. The summed E-state index contributed by atoms with van der Waals surface area (Å²) in [6.07, 6.45) is 0.271. The number of hydrogen-bond donors (Lipinski definition) is 1. The molecule has 0 aliphatic carbocycles. The van der Waals surface area contributed by atoms with Crippen molar-refractivity contribution in [1.29, 1.82) is 0 Å². The van der Waals surface area contributed by atoms with Gasteiger partial charge in [0.15, 0.2) is 11.6 Å². The maximum absolute atomic E-state index is 13.1. The predicted molar refractivity (Wildman–Crippen MR) is 52.9 cm³/mol. The predicted octanol–water partition coefficient (Wildman–Crippen LogP) is 1.90. The van der Waals surface area contributed by atoms with Gasteiger partial charge >= 0.3 is 0 Å². The minimum atomic E-state index is -0.871. The number of methoxy groups -OCH3 is 1. The first kappa shape index (κ1) is 13.1. The zero-order chi connectivity index (χ0) is 9.84. The molecule has 0 aliphatic rings. The van der Waals surface area contributed by atoms with Gasteiger partial charge in [0.2, 0.25) is 0 Å². The SMILES string of the molecule is COc1ccc(F)c(F)c1CCN.Cl. The van der Waals surface area contributed by atoms with E-state index in [4.69, 9.17) is 10.5 Å². The van der Waals surface area contributed by atoms with E-state index in [0.29, 0.717) is 5.75 Å². The van der Waals surface area contributed by atoms with Crippen LogP contribution in [0.3, 0.4) is 0 Å². The van der Waals surface area contributed by atoms with Gasteiger partial charge in [0.25, 0.3) is 0 Å². The molecular weight excluding hydrogens is 212 g/mol. The Hall–Kier alpha value is -0.870. The molecule has 2 N–H and O–H groups in total. The highest BCUT2D eigenvalue weighted by Crippen LogP contribution is 2.23. The van der Waals surface area contributed by atoms with Crippen LogP contribution in [0.15, 0.2) is 12.1 Å². The zero-order valence-electron chi connectivity index (χ0n) is 7.72. The molecule has 1 aromatic rings. The second kappa shape index (κ2) is 5.78. The van der Waals surface area contributed by atoms with Crippen LogP contribution >= 0.6 is 12.4 Å². The van der Waals surface area contributed by atoms with Gasteiger partial charge in [-0.3, -0.25) is 0 Å². The molecule has 0 atom stereocenters. The molecule has 80 valence electrons. The second-order valence-electron chi connectivity index (χ2n) is 2.58. The summed E-state index contributed by atoms with van der Waals surface area (Å²) in [5, 5.41) is 0.